The van der Waals surface area contributed by atoms with Gasteiger partial charge in [0.25, 0.3) is 0 Å². The number of carbonyl (C=O) groups excluding carboxylic acids is 2. The Bertz CT molecular complexity index is 360. The molecule has 1 amide bonds. The van der Waals surface area contributed by atoms with Crippen molar-refractivity contribution in [3.05, 3.63) is 29.8 Å². The monoisotopic (exact) mass is 205 g/mol. The Hall–Kier alpha value is -1.84. The number of methoxy groups -OCH3 is 1. The van der Waals surface area contributed by atoms with E-state index in [1.54, 1.807) is 24.3 Å². The summed E-state index contributed by atoms with van der Waals surface area (Å²) in [7, 11) is 1.30. The number of benzene rings is 1. The van der Waals surface area contributed by atoms with Gasteiger partial charge in [-0.1, -0.05) is 12.1 Å². The molecular formula is C10H11NO3. The minimum Gasteiger partial charge on any atom is -0.465 e. The SMILES string of the molecule is COC(=O)[14c]1[14cH][14cH][14cH][14cH][14c]1NC(C)=O. The maximum Gasteiger partial charge on any atom is 0.339 e. The lowest BCUT2D eigenvalue weighted by atomic mass is 10.8. The van der Waals surface area contributed by atoms with E-state index in [2.05, 4.69) is 10.1 Å². The summed E-state index contributed by atoms with van der Waals surface area (Å²) in [6, 6.07) is 6.68. The van der Waals surface area contributed by atoms with Crippen LogP contribution in [-0.2, 0) is 9.53 Å². The molecule has 14 heavy (non-hydrogen) atoms. The van der Waals surface area contributed by atoms with Crippen LogP contribution >= 0.6 is 0 Å². The quantitative estimate of drug-likeness (QED) is 0.743. The van der Waals surface area contributed by atoms with Crippen molar-refractivity contribution >= 4 is 17.6 Å². The highest BCUT2D eigenvalue weighted by molar-refractivity contribution is 6.00. The third-order valence-electron chi connectivity index (χ3n) is 1.64. The molecule has 0 spiro atoms. The van der Waals surface area contributed by atoms with Crippen molar-refractivity contribution in [1.29, 1.82) is 0 Å². The molecule has 4 nitrogen and oxygen atoms in total. The highest BCUT2D eigenvalue weighted by Gasteiger charge is 2.10. The molecule has 1 aromatic carbocycles. The summed E-state index contributed by atoms with van der Waals surface area (Å²) in [6.45, 7) is 1.38. The van der Waals surface area contributed by atoms with E-state index in [1.807, 2.05) is 0 Å². The Morgan fingerprint density at radius 1 is 1.29 bits per heavy atom. The summed E-state index contributed by atoms with van der Waals surface area (Å²) in [5.74, 6) is -0.685. The first-order chi connectivity index (χ1) is 6.65. The standard InChI is InChI=1S/C10H11NO3/c1-7(12)11-9-6-4-3-5-8(9)10(13)14-2/h3-6H,1-2H3,(H,11,12)/i3+2,4+2,5+2,6+2,8+2,9+2. The molecule has 1 N–H and O–H groups in total. The summed E-state index contributed by atoms with van der Waals surface area (Å²) >= 11 is 0. The normalized spacial score (nSPS) is 9.29. The third kappa shape index (κ3) is 2.32. The fourth-order valence-corrected chi connectivity index (χ4v) is 1.07. The van der Waals surface area contributed by atoms with Crippen LogP contribution in [0.3, 0.4) is 0 Å². The molecule has 0 saturated carbocycles. The number of esters is 1. The number of hydrogen-bond donors (Lipinski definition) is 1. The smallest absolute Gasteiger partial charge is 0.339 e. The van der Waals surface area contributed by atoms with Crippen molar-refractivity contribution in [2.24, 2.45) is 0 Å². The predicted octanol–water partition coefficient (Wildman–Crippen LogP) is 1.43. The second kappa shape index (κ2) is 4.41. The van der Waals surface area contributed by atoms with Gasteiger partial charge in [0.2, 0.25) is 5.91 Å². The fourth-order valence-electron chi connectivity index (χ4n) is 1.07. The summed E-state index contributed by atoms with van der Waals surface area (Å²) in [5, 5.41) is 2.55. The lowest BCUT2D eigenvalue weighted by molar-refractivity contribution is -0.114. The molecule has 0 saturated heterocycles. The number of amides is 1. The van der Waals surface area contributed by atoms with Crippen molar-refractivity contribution in [3.8, 4) is 0 Å². The van der Waals surface area contributed by atoms with Crippen molar-refractivity contribution < 1.29 is 14.3 Å². The molecule has 0 aromatic heterocycles. The van der Waals surface area contributed by atoms with Gasteiger partial charge in [0.1, 0.15) is 0 Å². The topological polar surface area (TPSA) is 55.4 Å². The largest absolute Gasteiger partial charge is 0.465 e. The second-order valence-electron chi connectivity index (χ2n) is 2.72. The number of anilines is 1. The Morgan fingerprint density at radius 3 is 2.50 bits per heavy atom. The lowest BCUT2D eigenvalue weighted by Gasteiger charge is -2.06. The molecule has 0 aliphatic heterocycles. The maximum atomic E-state index is 11.2. The van der Waals surface area contributed by atoms with Gasteiger partial charge in [-0.05, 0) is 12.1 Å². The number of nitrogens with one attached hydrogen (secondary N) is 1. The first-order valence-electron chi connectivity index (χ1n) is 4.10. The molecule has 1 rings (SSSR count). The summed E-state index contributed by atoms with van der Waals surface area (Å²) in [6.07, 6.45) is 0. The number of rotatable bonds is 2. The summed E-state index contributed by atoms with van der Waals surface area (Å²) < 4.78 is 4.57. The van der Waals surface area contributed by atoms with E-state index < -0.39 is 5.97 Å². The van der Waals surface area contributed by atoms with Gasteiger partial charge < -0.3 is 10.1 Å². The van der Waals surface area contributed by atoms with Crippen LogP contribution in [0.2, 0.25) is 0 Å². The van der Waals surface area contributed by atoms with Gasteiger partial charge >= 0.3 is 5.97 Å². The van der Waals surface area contributed by atoms with Gasteiger partial charge in [0, 0.05) is 6.92 Å². The van der Waals surface area contributed by atoms with Crippen molar-refractivity contribution in [3.63, 3.8) is 0 Å². The fraction of sp³-hybridized carbons (Fsp3) is 0.200. The summed E-state index contributed by atoms with van der Waals surface area (Å²) in [4.78, 5) is 22.1. The molecular weight excluding hydrogens is 194 g/mol. The van der Waals surface area contributed by atoms with E-state index in [4.69, 9.17) is 0 Å². The van der Waals surface area contributed by atoms with Gasteiger partial charge in [-0.3, -0.25) is 4.79 Å². The van der Waals surface area contributed by atoms with Gasteiger partial charge in [0.15, 0.2) is 0 Å². The van der Waals surface area contributed by atoms with Crippen LogP contribution in [0.1, 0.15) is 17.3 Å². The van der Waals surface area contributed by atoms with Crippen LogP contribution in [0.25, 0.3) is 0 Å². The van der Waals surface area contributed by atoms with Crippen LogP contribution in [0.5, 0.6) is 0 Å². The molecule has 0 heterocycles. The van der Waals surface area contributed by atoms with Crippen LogP contribution in [-0.4, -0.2) is 19.0 Å². The predicted molar refractivity (Wildman–Crippen MR) is 52.1 cm³/mol. The first kappa shape index (κ1) is 10.2. The average molecular weight is 205 g/mol. The highest BCUT2D eigenvalue weighted by Crippen LogP contribution is 2.15. The molecule has 4 heteroatoms. The Morgan fingerprint density at radius 2 is 1.93 bits per heavy atom. The van der Waals surface area contributed by atoms with E-state index in [1.165, 1.54) is 14.0 Å². The molecule has 0 unspecified atom stereocenters. The highest BCUT2D eigenvalue weighted by atomic mass is 16.5. The van der Waals surface area contributed by atoms with E-state index in [9.17, 15) is 9.59 Å². The van der Waals surface area contributed by atoms with Crippen LogP contribution in [0.15, 0.2) is 24.3 Å². The molecule has 0 aliphatic carbocycles. The lowest BCUT2D eigenvalue weighted by Crippen LogP contribution is -2.11. The van der Waals surface area contributed by atoms with E-state index >= 15 is 0 Å². The van der Waals surface area contributed by atoms with E-state index in [-0.39, 0.29) is 5.91 Å². The minimum absolute atomic E-state index is 0.221. The molecule has 74 valence electrons. The third-order valence-corrected chi connectivity index (χ3v) is 1.64. The zero-order valence-electron chi connectivity index (χ0n) is 8.03. The zero-order valence-corrected chi connectivity index (χ0v) is 8.03. The van der Waals surface area contributed by atoms with Gasteiger partial charge in [-0.2, -0.15) is 0 Å². The molecule has 0 bridgehead atoms. The van der Waals surface area contributed by atoms with E-state index in [0.717, 1.165) is 0 Å². The molecule has 0 radical (unpaired) electrons. The zero-order chi connectivity index (χ0) is 10.6. The van der Waals surface area contributed by atoms with Crippen molar-refractivity contribution in [1.82, 2.24) is 0 Å². The van der Waals surface area contributed by atoms with Gasteiger partial charge in [0.05, 0.1) is 18.4 Å². The molecule has 0 atom stereocenters. The van der Waals surface area contributed by atoms with E-state index in [0.29, 0.717) is 11.3 Å². The van der Waals surface area contributed by atoms with Crippen molar-refractivity contribution in [2.75, 3.05) is 12.4 Å². The average Bonchev–Trinajstić information content (AvgIpc) is 2.16. The van der Waals surface area contributed by atoms with Crippen LogP contribution < -0.4 is 5.32 Å². The van der Waals surface area contributed by atoms with Crippen molar-refractivity contribution in [2.45, 2.75) is 6.92 Å². The Kier molecular flexibility index (Phi) is 3.23. The summed E-state index contributed by atoms with van der Waals surface area (Å²) in [5.41, 5.74) is 0.817. The van der Waals surface area contributed by atoms with Crippen LogP contribution in [0, 0.1) is 0 Å². The van der Waals surface area contributed by atoms with Crippen LogP contribution in [0.4, 0.5) is 5.69 Å². The number of ether oxygens (including phenoxy) is 1. The number of hydrogen-bond acceptors (Lipinski definition) is 3. The van der Waals surface area contributed by atoms with Gasteiger partial charge in [-0.15, -0.1) is 0 Å². The molecule has 0 aliphatic rings. The first-order valence-corrected chi connectivity index (χ1v) is 4.10. The minimum atomic E-state index is -0.464. The Labute approximate surface area is 81.9 Å². The van der Waals surface area contributed by atoms with Gasteiger partial charge in [-0.25, -0.2) is 4.79 Å². The second-order valence-corrected chi connectivity index (χ2v) is 2.72. The Balaban J connectivity index is 3.02. The number of para-hydroxylation sites is 1. The number of carbonyl (C=O) groups is 2. The molecule has 0 fully saturated rings. The maximum absolute atomic E-state index is 11.2. The molecule has 1 aromatic rings.